The van der Waals surface area contributed by atoms with Gasteiger partial charge in [0.2, 0.25) is 12.2 Å². The molecular formula is C109H164O25S. The fourth-order valence-electron chi connectivity index (χ4n) is 17.5. The molecule has 6 saturated heterocycles. The van der Waals surface area contributed by atoms with Crippen molar-refractivity contribution in [3.8, 4) is 0 Å². The van der Waals surface area contributed by atoms with E-state index in [2.05, 4.69) is 119 Å². The molecule has 14 unspecified atom stereocenters. The highest BCUT2D eigenvalue weighted by molar-refractivity contribution is 7.97. The number of aliphatic carboxylic acids is 1. The topological polar surface area (TPSA) is 339 Å². The number of benzene rings is 3. The normalized spacial score (nSPS) is 25.3. The molecule has 3 aromatic rings. The van der Waals surface area contributed by atoms with Crippen molar-refractivity contribution < 1.29 is 119 Å². The quantitative estimate of drug-likeness (QED) is 0.0259. The molecule has 6 heterocycles. The molecular weight excluding hydrogens is 1740 g/mol. The third-order valence-corrected chi connectivity index (χ3v) is 32.8. The maximum atomic E-state index is 12.1. The van der Waals surface area contributed by atoms with Gasteiger partial charge in [-0.2, -0.15) is 0 Å². The van der Waals surface area contributed by atoms with Gasteiger partial charge in [-0.1, -0.05) is 144 Å². The van der Waals surface area contributed by atoms with Crippen LogP contribution in [-0.4, -0.2) is 164 Å². The summed E-state index contributed by atoms with van der Waals surface area (Å²) in [5.74, 6) is -1.91. The molecule has 5 aliphatic carbocycles. The summed E-state index contributed by atoms with van der Waals surface area (Å²) in [5.41, 5.74) is -3.49. The lowest BCUT2D eigenvalue weighted by Crippen LogP contribution is -2.42. The summed E-state index contributed by atoms with van der Waals surface area (Å²) in [7, 11) is -0.0146. The van der Waals surface area contributed by atoms with E-state index in [0.29, 0.717) is 88.0 Å². The molecule has 4 bridgehead atoms. The molecule has 0 N–H and O–H groups in total. The molecule has 11 fully saturated rings. The Hall–Kier alpha value is -8.07. The standard InChI is InChI=1S/C18H15S.C15H26O5.2C14H20O4.2C14H26O2.2C10H16O4/c1-4-10-16(11-5-1)19(17-12-6-2-7-13-17)18-14-8-3-9-15-18;1-4-15(2,3)14(18)20-10-9-19-12-8-6-5-7-11(12)13(16)17;2*1-4-14(2,3)13(16)18-12-8-5-9(15)7-6-10(12)17-11(7)8;2*1-6-13(4,5)12(15)16-14(11(2)3)9-7-8-10-14;2*1-4-10(2,3)9(12)14-7-5-6-13-8(7)11/h1-15H;11-12H,4-10H2,1-3H3,(H,16,17);2*7-8,10-12H,4-6H2,1-3H3;2*11H,6-10H2,1-5H3;2*7H,4-6H2,1-3H3/q+1;;;;;;;/p-1. The predicted molar refractivity (Wildman–Crippen MR) is 512 cm³/mol. The van der Waals surface area contributed by atoms with Gasteiger partial charge in [0.05, 0.1) is 99.1 Å². The summed E-state index contributed by atoms with van der Waals surface area (Å²) in [4.78, 5) is 144. The Kier molecular flexibility index (Phi) is 42.3. The number of hydrogen-bond donors (Lipinski definition) is 0. The van der Waals surface area contributed by atoms with Gasteiger partial charge in [0.1, 0.15) is 41.6 Å². The molecule has 0 spiro atoms. The predicted octanol–water partition coefficient (Wildman–Crippen LogP) is 19.9. The van der Waals surface area contributed by atoms with Crippen molar-refractivity contribution in [2.24, 2.45) is 79.3 Å². The first-order valence-corrected chi connectivity index (χ1v) is 51.5. The van der Waals surface area contributed by atoms with E-state index in [1.54, 1.807) is 27.7 Å². The van der Waals surface area contributed by atoms with Crippen LogP contribution in [0.5, 0.6) is 0 Å². The zero-order valence-electron chi connectivity index (χ0n) is 86.0. The van der Waals surface area contributed by atoms with Crippen molar-refractivity contribution in [3.05, 3.63) is 91.0 Å². The number of carbonyl (C=O) groups is 12. The first kappa shape index (κ1) is 114. The Balaban J connectivity index is 0.000000211. The molecule has 135 heavy (non-hydrogen) atoms. The van der Waals surface area contributed by atoms with Gasteiger partial charge in [0.15, 0.2) is 14.7 Å². The highest BCUT2D eigenvalue weighted by Gasteiger charge is 2.64. The van der Waals surface area contributed by atoms with Crippen LogP contribution in [0.25, 0.3) is 0 Å². The Morgan fingerprint density at radius 3 is 1.00 bits per heavy atom. The van der Waals surface area contributed by atoms with Crippen LogP contribution in [0.1, 0.15) is 334 Å². The number of esters is 9. The fourth-order valence-corrected chi connectivity index (χ4v) is 19.6. The third kappa shape index (κ3) is 30.2. The number of Topliss-reactive ketones (excluding diaryl/α,β-unsaturated/α-hetero) is 2. The van der Waals surface area contributed by atoms with E-state index >= 15 is 0 Å². The molecule has 25 nitrogen and oxygen atoms in total. The number of ether oxygens (including phenoxy) is 12. The number of carbonyl (C=O) groups excluding carboxylic acids is 12. The first-order valence-electron chi connectivity index (χ1n) is 50.2. The number of carboxylic acid groups (broad SMARTS) is 1. The van der Waals surface area contributed by atoms with Gasteiger partial charge in [-0.25, -0.2) is 9.59 Å². The Morgan fingerprint density at radius 2 is 0.704 bits per heavy atom. The molecule has 14 rings (SSSR count). The van der Waals surface area contributed by atoms with Crippen LogP contribution in [-0.2, 0) is 125 Å². The molecule has 0 amide bonds. The van der Waals surface area contributed by atoms with Crippen molar-refractivity contribution in [1.82, 2.24) is 0 Å². The molecule has 0 radical (unpaired) electrons. The highest BCUT2D eigenvalue weighted by atomic mass is 32.2. The van der Waals surface area contributed by atoms with Crippen LogP contribution in [0, 0.1) is 79.3 Å². The SMILES string of the molecule is CCC(C)(C)C(=O)OC1(C(C)C)CCCC1.CCC(C)(C)C(=O)OC1(C(C)C)CCCC1.CCC(C)(C)C(=O)OC1C2CC3C(=O)CC1C3O2.CCC(C)(C)C(=O)OC1C2CC3C(=O)CC1C3O2.CCC(C)(C)C(=O)OC1CCOC1=O.CCC(C)(C)C(=O)OC1CCOC1=O.CCC(C)(C)C(=O)OCCOC1CCCCC1C(=O)[O-].c1ccc([S+](c2ccccc2)c2ccccc2)cc1. The minimum Gasteiger partial charge on any atom is -0.550 e. The number of ketones is 2. The molecule has 5 saturated carbocycles. The summed E-state index contributed by atoms with van der Waals surface area (Å²) in [5, 5.41) is 11.0. The fraction of sp³-hybridized carbons (Fsp3) is 0.725. The maximum absolute atomic E-state index is 12.1. The van der Waals surface area contributed by atoms with E-state index < -0.39 is 63.1 Å². The highest BCUT2D eigenvalue weighted by Crippen LogP contribution is 2.54. The van der Waals surface area contributed by atoms with Crippen LogP contribution in [0.2, 0.25) is 0 Å². The number of carboxylic acids is 1. The Bertz CT molecular complexity index is 4090. The smallest absolute Gasteiger partial charge is 0.347 e. The van der Waals surface area contributed by atoms with Gasteiger partial charge in [0.25, 0.3) is 0 Å². The van der Waals surface area contributed by atoms with E-state index in [1.807, 2.05) is 118 Å². The second-order valence-corrected chi connectivity index (χ2v) is 45.4. The first-order chi connectivity index (χ1) is 63.3. The summed E-state index contributed by atoms with van der Waals surface area (Å²) < 4.78 is 64.9. The van der Waals surface area contributed by atoms with Crippen LogP contribution in [0.3, 0.4) is 0 Å². The van der Waals surface area contributed by atoms with Gasteiger partial charge in [-0.15, -0.1) is 0 Å². The largest absolute Gasteiger partial charge is 0.550 e. The van der Waals surface area contributed by atoms with Crippen molar-refractivity contribution in [1.29, 1.82) is 0 Å². The Morgan fingerprint density at radius 1 is 0.400 bits per heavy atom. The van der Waals surface area contributed by atoms with Crippen LogP contribution in [0.4, 0.5) is 0 Å². The third-order valence-electron chi connectivity index (χ3n) is 30.6. The molecule has 0 aromatic heterocycles. The van der Waals surface area contributed by atoms with Crippen LogP contribution >= 0.6 is 0 Å². The van der Waals surface area contributed by atoms with E-state index in [1.165, 1.54) is 40.4 Å². The van der Waals surface area contributed by atoms with Gasteiger partial charge in [0, 0.05) is 61.2 Å². The Labute approximate surface area is 808 Å². The number of rotatable bonds is 30. The van der Waals surface area contributed by atoms with E-state index in [0.717, 1.165) is 83.5 Å². The second-order valence-electron chi connectivity index (χ2n) is 43.4. The lowest BCUT2D eigenvalue weighted by molar-refractivity contribution is -0.316. The number of hydrogen-bond acceptors (Lipinski definition) is 25. The number of fused-ring (bicyclic) bond motifs is 2. The summed E-state index contributed by atoms with van der Waals surface area (Å²) in [6.45, 7) is 49.9. The van der Waals surface area contributed by atoms with Crippen LogP contribution < -0.4 is 5.11 Å². The van der Waals surface area contributed by atoms with Crippen molar-refractivity contribution in [2.75, 3.05) is 26.4 Å². The summed E-state index contributed by atoms with van der Waals surface area (Å²) in [6.07, 6.45) is 18.7. The van der Waals surface area contributed by atoms with E-state index in [9.17, 15) is 62.6 Å². The van der Waals surface area contributed by atoms with E-state index in [4.69, 9.17) is 56.8 Å². The van der Waals surface area contributed by atoms with E-state index in [-0.39, 0.29) is 154 Å². The van der Waals surface area contributed by atoms with Crippen molar-refractivity contribution in [3.63, 3.8) is 0 Å². The molecule has 3 aromatic carbocycles. The van der Waals surface area contributed by atoms with Gasteiger partial charge >= 0.3 is 53.7 Å². The van der Waals surface area contributed by atoms with Crippen molar-refractivity contribution >= 4 is 82.2 Å². The molecule has 14 atom stereocenters. The lowest BCUT2D eigenvalue weighted by Gasteiger charge is -2.36. The minimum atomic E-state index is -1.04. The molecule has 756 valence electrons. The van der Waals surface area contributed by atoms with Gasteiger partial charge in [-0.3, -0.25) is 43.2 Å². The zero-order valence-corrected chi connectivity index (χ0v) is 86.8. The molecule has 11 aliphatic rings. The summed E-state index contributed by atoms with van der Waals surface area (Å²) in [6, 6.07) is 32.2. The number of cyclic esters (lactones) is 2. The summed E-state index contributed by atoms with van der Waals surface area (Å²) >= 11 is 0. The second kappa shape index (κ2) is 50.2. The van der Waals surface area contributed by atoms with Gasteiger partial charge < -0.3 is 66.7 Å². The average Bonchev–Trinajstić information content (AvgIpc) is 1.57. The maximum Gasteiger partial charge on any atom is 0.347 e. The molecule has 6 aliphatic heterocycles. The molecule has 26 heteroatoms. The monoisotopic (exact) mass is 1910 g/mol. The zero-order chi connectivity index (χ0) is 101. The van der Waals surface area contributed by atoms with Gasteiger partial charge in [-0.05, 0) is 267 Å². The van der Waals surface area contributed by atoms with Crippen molar-refractivity contribution in [2.45, 2.75) is 414 Å². The average molecular weight is 1910 g/mol. The van der Waals surface area contributed by atoms with Crippen LogP contribution in [0.15, 0.2) is 106 Å². The lowest BCUT2D eigenvalue weighted by atomic mass is 9.86. The minimum absolute atomic E-state index is 0.0146.